The number of nitrogens with zero attached hydrogens (tertiary/aromatic N) is 1. The highest BCUT2D eigenvalue weighted by Crippen LogP contribution is 2.12. The lowest BCUT2D eigenvalue weighted by molar-refractivity contribution is -0.147. The van der Waals surface area contributed by atoms with Gasteiger partial charge in [0.1, 0.15) is 6.61 Å². The Morgan fingerprint density at radius 2 is 2.06 bits per heavy atom. The zero-order chi connectivity index (χ0) is 13.1. The summed E-state index contributed by atoms with van der Waals surface area (Å²) < 4.78 is 0. The van der Waals surface area contributed by atoms with Crippen LogP contribution in [0.5, 0.6) is 0 Å². The molecule has 1 heterocycles. The lowest BCUT2D eigenvalue weighted by Crippen LogP contribution is -2.49. The number of benzene rings is 1. The molecule has 0 saturated carbocycles. The summed E-state index contributed by atoms with van der Waals surface area (Å²) in [5.74, 6) is -0.258. The number of aryl methyl sites for hydroxylation is 2. The number of amides is 3. The molecule has 0 atom stereocenters. The first-order chi connectivity index (χ1) is 8.56. The van der Waals surface area contributed by atoms with Crippen molar-refractivity contribution in [3.8, 4) is 0 Å². The number of urea groups is 1. The smallest absolute Gasteiger partial charge is 0.276 e. The lowest BCUT2D eigenvalue weighted by atomic mass is 10.1. The summed E-state index contributed by atoms with van der Waals surface area (Å²) in [5, 5.41) is 3.40. The van der Waals surface area contributed by atoms with Gasteiger partial charge in [-0.15, -0.1) is 0 Å². The minimum atomic E-state index is -0.491. The number of carbonyl (C=O) groups is 2. The van der Waals surface area contributed by atoms with Gasteiger partial charge in [-0.3, -0.25) is 14.9 Å². The van der Waals surface area contributed by atoms with Gasteiger partial charge in [0.15, 0.2) is 0 Å². The lowest BCUT2D eigenvalue weighted by Gasteiger charge is -2.25. The molecular weight excluding hydrogens is 232 g/mol. The van der Waals surface area contributed by atoms with Crippen molar-refractivity contribution in [3.05, 3.63) is 34.9 Å². The van der Waals surface area contributed by atoms with E-state index >= 15 is 0 Å². The van der Waals surface area contributed by atoms with Crippen LogP contribution in [-0.4, -0.2) is 23.5 Å². The number of hydrogen-bond acceptors (Lipinski definition) is 3. The van der Waals surface area contributed by atoms with E-state index in [4.69, 9.17) is 4.84 Å². The summed E-state index contributed by atoms with van der Waals surface area (Å²) in [4.78, 5) is 27.8. The first-order valence-electron chi connectivity index (χ1n) is 5.86. The molecule has 3 amide bonds. The van der Waals surface area contributed by atoms with Crippen LogP contribution in [0.15, 0.2) is 18.2 Å². The molecule has 96 valence electrons. The summed E-state index contributed by atoms with van der Waals surface area (Å²) in [6, 6.07) is 5.53. The monoisotopic (exact) mass is 248 g/mol. The zero-order valence-electron chi connectivity index (χ0n) is 10.5. The highest BCUT2D eigenvalue weighted by molar-refractivity contribution is 5.96. The molecule has 1 saturated heterocycles. The SMILES string of the molecule is Cc1ccc(CON2CCC(=O)NC2=O)cc1C. The van der Waals surface area contributed by atoms with Crippen LogP contribution in [0.25, 0.3) is 0 Å². The van der Waals surface area contributed by atoms with Gasteiger partial charge in [-0.05, 0) is 30.5 Å². The Hall–Kier alpha value is -1.88. The van der Waals surface area contributed by atoms with Crippen molar-refractivity contribution in [3.63, 3.8) is 0 Å². The van der Waals surface area contributed by atoms with Crippen molar-refractivity contribution in [1.82, 2.24) is 10.4 Å². The maximum Gasteiger partial charge on any atom is 0.347 e. The predicted molar refractivity (Wildman–Crippen MR) is 65.6 cm³/mol. The summed E-state index contributed by atoms with van der Waals surface area (Å²) in [5.41, 5.74) is 3.41. The second kappa shape index (κ2) is 5.18. The number of hydrogen-bond donors (Lipinski definition) is 1. The van der Waals surface area contributed by atoms with E-state index in [1.807, 2.05) is 32.0 Å². The van der Waals surface area contributed by atoms with E-state index in [1.165, 1.54) is 16.2 Å². The van der Waals surface area contributed by atoms with E-state index in [0.717, 1.165) is 5.56 Å². The van der Waals surface area contributed by atoms with E-state index in [1.54, 1.807) is 0 Å². The van der Waals surface area contributed by atoms with Crippen LogP contribution in [0.4, 0.5) is 4.79 Å². The molecule has 18 heavy (non-hydrogen) atoms. The fourth-order valence-corrected chi connectivity index (χ4v) is 1.72. The molecule has 1 aromatic carbocycles. The zero-order valence-corrected chi connectivity index (χ0v) is 10.5. The van der Waals surface area contributed by atoms with Gasteiger partial charge in [0.25, 0.3) is 0 Å². The van der Waals surface area contributed by atoms with Crippen molar-refractivity contribution < 1.29 is 14.4 Å². The minimum absolute atomic E-state index is 0.258. The van der Waals surface area contributed by atoms with Crippen molar-refractivity contribution in [2.24, 2.45) is 0 Å². The Bertz CT molecular complexity index is 485. The van der Waals surface area contributed by atoms with Gasteiger partial charge in [-0.2, -0.15) is 0 Å². The number of hydroxylamine groups is 2. The third kappa shape index (κ3) is 2.87. The minimum Gasteiger partial charge on any atom is -0.276 e. The molecule has 5 nitrogen and oxygen atoms in total. The predicted octanol–water partition coefficient (Wildman–Crippen LogP) is 1.68. The average Bonchev–Trinajstić information content (AvgIpc) is 2.32. The molecule has 2 rings (SSSR count). The topological polar surface area (TPSA) is 58.6 Å². The quantitative estimate of drug-likeness (QED) is 0.885. The van der Waals surface area contributed by atoms with E-state index < -0.39 is 6.03 Å². The van der Waals surface area contributed by atoms with Gasteiger partial charge >= 0.3 is 6.03 Å². The molecule has 1 fully saturated rings. The van der Waals surface area contributed by atoms with Gasteiger partial charge in [-0.1, -0.05) is 18.2 Å². The summed E-state index contributed by atoms with van der Waals surface area (Å²) in [6.07, 6.45) is 0.276. The molecule has 1 aromatic rings. The van der Waals surface area contributed by atoms with Crippen LogP contribution in [0.2, 0.25) is 0 Å². The number of carbonyl (C=O) groups excluding carboxylic acids is 2. The second-order valence-electron chi connectivity index (χ2n) is 4.40. The standard InChI is InChI=1S/C13H16N2O3/c1-9-3-4-11(7-10(9)2)8-18-15-6-5-12(16)14-13(15)17/h3-4,7H,5-6,8H2,1-2H3,(H,14,16,17). The fraction of sp³-hybridized carbons (Fsp3) is 0.385. The van der Waals surface area contributed by atoms with Gasteiger partial charge in [0.05, 0.1) is 6.54 Å². The van der Waals surface area contributed by atoms with Gasteiger partial charge in [0, 0.05) is 6.42 Å². The van der Waals surface area contributed by atoms with E-state index in [2.05, 4.69) is 5.32 Å². The summed E-state index contributed by atoms with van der Waals surface area (Å²) in [6.45, 7) is 4.70. The van der Waals surface area contributed by atoms with Crippen LogP contribution < -0.4 is 5.32 Å². The van der Waals surface area contributed by atoms with Crippen molar-refractivity contribution in [2.45, 2.75) is 26.9 Å². The maximum atomic E-state index is 11.4. The number of nitrogens with one attached hydrogen (secondary N) is 1. The van der Waals surface area contributed by atoms with E-state index in [9.17, 15) is 9.59 Å². The molecule has 0 aromatic heterocycles. The summed E-state index contributed by atoms with van der Waals surface area (Å²) in [7, 11) is 0. The Balaban J connectivity index is 1.93. The highest BCUT2D eigenvalue weighted by atomic mass is 16.7. The largest absolute Gasteiger partial charge is 0.347 e. The van der Waals surface area contributed by atoms with E-state index in [-0.39, 0.29) is 12.3 Å². The Morgan fingerprint density at radius 1 is 1.28 bits per heavy atom. The highest BCUT2D eigenvalue weighted by Gasteiger charge is 2.23. The van der Waals surface area contributed by atoms with Crippen LogP contribution in [0.3, 0.4) is 0 Å². The van der Waals surface area contributed by atoms with Gasteiger partial charge < -0.3 is 0 Å². The molecule has 0 unspecified atom stereocenters. The van der Waals surface area contributed by atoms with Gasteiger partial charge in [-0.25, -0.2) is 9.86 Å². The number of rotatable bonds is 3. The Labute approximate surface area is 106 Å². The first-order valence-corrected chi connectivity index (χ1v) is 5.86. The molecule has 0 aliphatic carbocycles. The molecule has 1 N–H and O–H groups in total. The molecule has 0 bridgehead atoms. The second-order valence-corrected chi connectivity index (χ2v) is 4.40. The molecule has 1 aliphatic rings. The maximum absolute atomic E-state index is 11.4. The van der Waals surface area contributed by atoms with Crippen molar-refractivity contribution >= 4 is 11.9 Å². The van der Waals surface area contributed by atoms with Crippen molar-refractivity contribution in [1.29, 1.82) is 0 Å². The Kier molecular flexibility index (Phi) is 3.62. The average molecular weight is 248 g/mol. The molecular formula is C13H16N2O3. The van der Waals surface area contributed by atoms with Crippen LogP contribution in [-0.2, 0) is 16.2 Å². The van der Waals surface area contributed by atoms with Crippen LogP contribution in [0.1, 0.15) is 23.1 Å². The van der Waals surface area contributed by atoms with Crippen LogP contribution in [0, 0.1) is 13.8 Å². The normalized spacial score (nSPS) is 15.8. The third-order valence-electron chi connectivity index (χ3n) is 2.97. The van der Waals surface area contributed by atoms with Crippen molar-refractivity contribution in [2.75, 3.05) is 6.54 Å². The van der Waals surface area contributed by atoms with Crippen LogP contribution >= 0.6 is 0 Å². The molecule has 0 spiro atoms. The fourth-order valence-electron chi connectivity index (χ4n) is 1.72. The first kappa shape index (κ1) is 12.6. The molecule has 0 radical (unpaired) electrons. The molecule has 1 aliphatic heterocycles. The third-order valence-corrected chi connectivity index (χ3v) is 2.97. The molecule has 5 heteroatoms. The van der Waals surface area contributed by atoms with E-state index in [0.29, 0.717) is 13.2 Å². The van der Waals surface area contributed by atoms with Gasteiger partial charge in [0.2, 0.25) is 5.91 Å². The number of imide groups is 1. The Morgan fingerprint density at radius 3 is 2.72 bits per heavy atom. The summed E-state index contributed by atoms with van der Waals surface area (Å²) >= 11 is 0.